The van der Waals surface area contributed by atoms with Gasteiger partial charge in [-0.05, 0) is 6.92 Å². The molecule has 6 nitrogen and oxygen atoms in total. The molecule has 1 unspecified atom stereocenters. The molecule has 0 bridgehead atoms. The van der Waals surface area contributed by atoms with Gasteiger partial charge in [-0.3, -0.25) is 0 Å². The normalized spacial score (nSPS) is 18.8. The fraction of sp³-hybridized carbons (Fsp3) is 0.600. The molecule has 2 N–H and O–H groups in total. The number of ether oxygens (including phenoxy) is 2. The van der Waals surface area contributed by atoms with Crippen molar-refractivity contribution < 1.29 is 14.3 Å². The number of carbonyl (C=O) groups excluding carboxylic acids is 1. The van der Waals surface area contributed by atoms with Crippen LogP contribution in [0, 0.1) is 5.92 Å². The van der Waals surface area contributed by atoms with E-state index in [4.69, 9.17) is 15.2 Å². The molecule has 88 valence electrons. The van der Waals surface area contributed by atoms with Gasteiger partial charge >= 0.3 is 5.97 Å². The molecule has 0 fully saturated rings. The predicted octanol–water partition coefficient (Wildman–Crippen LogP) is 0.0271. The molecule has 0 saturated carbocycles. The van der Waals surface area contributed by atoms with Crippen molar-refractivity contribution in [2.24, 2.45) is 11.7 Å². The quantitative estimate of drug-likeness (QED) is 0.734. The average molecular weight is 225 g/mol. The lowest BCUT2D eigenvalue weighted by Crippen LogP contribution is -2.31. The summed E-state index contributed by atoms with van der Waals surface area (Å²) in [6, 6.07) is 1.60. The van der Waals surface area contributed by atoms with E-state index in [1.807, 2.05) is 0 Å². The van der Waals surface area contributed by atoms with Crippen LogP contribution in [0.1, 0.15) is 17.4 Å². The van der Waals surface area contributed by atoms with Gasteiger partial charge in [-0.15, -0.1) is 0 Å². The van der Waals surface area contributed by atoms with Crippen molar-refractivity contribution >= 4 is 5.97 Å². The second-order valence-electron chi connectivity index (χ2n) is 3.68. The van der Waals surface area contributed by atoms with Crippen molar-refractivity contribution in [2.45, 2.75) is 13.5 Å². The van der Waals surface area contributed by atoms with Crippen LogP contribution in [0.4, 0.5) is 0 Å². The molecule has 16 heavy (non-hydrogen) atoms. The largest absolute Gasteiger partial charge is 0.477 e. The molecule has 1 aliphatic rings. The molecular weight excluding hydrogens is 210 g/mol. The minimum atomic E-state index is -0.419. The van der Waals surface area contributed by atoms with E-state index in [0.717, 1.165) is 0 Å². The van der Waals surface area contributed by atoms with E-state index in [9.17, 15) is 4.79 Å². The van der Waals surface area contributed by atoms with Gasteiger partial charge < -0.3 is 15.2 Å². The number of aromatic nitrogens is 2. The Morgan fingerprint density at radius 2 is 2.62 bits per heavy atom. The highest BCUT2D eigenvalue weighted by atomic mass is 16.5. The van der Waals surface area contributed by atoms with E-state index in [-0.39, 0.29) is 11.6 Å². The molecule has 1 atom stereocenters. The van der Waals surface area contributed by atoms with Gasteiger partial charge in [0.15, 0.2) is 5.69 Å². The highest BCUT2D eigenvalue weighted by Crippen LogP contribution is 2.21. The maximum atomic E-state index is 11.4. The number of rotatable bonds is 3. The summed E-state index contributed by atoms with van der Waals surface area (Å²) in [6.07, 6.45) is 0. The monoisotopic (exact) mass is 225 g/mol. The third kappa shape index (κ3) is 2.01. The Balaban J connectivity index is 2.15. The number of hydrogen-bond donors (Lipinski definition) is 1. The van der Waals surface area contributed by atoms with Gasteiger partial charge in [0, 0.05) is 18.5 Å². The summed E-state index contributed by atoms with van der Waals surface area (Å²) in [4.78, 5) is 11.4. The minimum absolute atomic E-state index is 0.252. The minimum Gasteiger partial charge on any atom is -0.477 e. The summed E-state index contributed by atoms with van der Waals surface area (Å²) in [5.74, 6) is 0.437. The summed E-state index contributed by atoms with van der Waals surface area (Å²) in [6.45, 7) is 3.91. The van der Waals surface area contributed by atoms with E-state index in [1.165, 1.54) is 0 Å². The first kappa shape index (κ1) is 10.9. The van der Waals surface area contributed by atoms with E-state index in [1.54, 1.807) is 17.7 Å². The van der Waals surface area contributed by atoms with E-state index in [0.29, 0.717) is 32.2 Å². The van der Waals surface area contributed by atoms with Crippen molar-refractivity contribution in [1.29, 1.82) is 0 Å². The Labute approximate surface area is 93.3 Å². The summed E-state index contributed by atoms with van der Waals surface area (Å²) < 4.78 is 12.0. The van der Waals surface area contributed by atoms with Crippen LogP contribution in [0.25, 0.3) is 0 Å². The first-order chi connectivity index (χ1) is 7.74. The Kier molecular flexibility index (Phi) is 3.09. The van der Waals surface area contributed by atoms with Crippen molar-refractivity contribution in [1.82, 2.24) is 9.78 Å². The van der Waals surface area contributed by atoms with Crippen LogP contribution >= 0.6 is 0 Å². The molecule has 1 aromatic heterocycles. The van der Waals surface area contributed by atoms with Crippen LogP contribution in [0.5, 0.6) is 5.88 Å². The molecule has 6 heteroatoms. The van der Waals surface area contributed by atoms with Gasteiger partial charge in [-0.25, -0.2) is 9.48 Å². The zero-order chi connectivity index (χ0) is 11.5. The molecule has 0 aromatic carbocycles. The summed E-state index contributed by atoms with van der Waals surface area (Å²) in [5.41, 5.74) is 5.85. The Hall–Kier alpha value is -1.56. The smallest absolute Gasteiger partial charge is 0.358 e. The fourth-order valence-electron chi connectivity index (χ4n) is 1.59. The van der Waals surface area contributed by atoms with Gasteiger partial charge in [0.1, 0.15) is 0 Å². The van der Waals surface area contributed by atoms with Crippen molar-refractivity contribution in [3.05, 3.63) is 11.8 Å². The lowest BCUT2D eigenvalue weighted by molar-refractivity contribution is 0.0518. The fourth-order valence-corrected chi connectivity index (χ4v) is 1.59. The summed E-state index contributed by atoms with van der Waals surface area (Å²) >= 11 is 0. The Morgan fingerprint density at radius 1 is 1.81 bits per heavy atom. The third-order valence-corrected chi connectivity index (χ3v) is 2.46. The maximum absolute atomic E-state index is 11.4. The maximum Gasteiger partial charge on any atom is 0.358 e. The molecule has 1 aliphatic heterocycles. The van der Waals surface area contributed by atoms with E-state index in [2.05, 4.69) is 5.10 Å². The second-order valence-corrected chi connectivity index (χ2v) is 3.68. The topological polar surface area (TPSA) is 79.4 Å². The molecule has 0 amide bonds. The molecule has 0 saturated heterocycles. The molecule has 2 heterocycles. The Morgan fingerprint density at radius 3 is 3.31 bits per heavy atom. The van der Waals surface area contributed by atoms with Gasteiger partial charge in [0.2, 0.25) is 5.88 Å². The highest BCUT2D eigenvalue weighted by molar-refractivity contribution is 5.87. The number of nitrogens with two attached hydrogens (primary N) is 1. The highest BCUT2D eigenvalue weighted by Gasteiger charge is 2.23. The van der Waals surface area contributed by atoms with E-state index < -0.39 is 5.97 Å². The predicted molar refractivity (Wildman–Crippen MR) is 56.2 cm³/mol. The first-order valence-corrected chi connectivity index (χ1v) is 5.32. The SMILES string of the molecule is CCOC(=O)c1cc2n(n1)CC(CN)CO2. The standard InChI is InChI=1S/C10H15N3O3/c1-2-15-10(14)8-3-9-13(12-8)5-7(4-11)6-16-9/h3,7H,2,4-6,11H2,1H3. The summed E-state index contributed by atoms with van der Waals surface area (Å²) in [7, 11) is 0. The first-order valence-electron chi connectivity index (χ1n) is 5.32. The van der Waals surface area contributed by atoms with Crippen LogP contribution < -0.4 is 10.5 Å². The van der Waals surface area contributed by atoms with Gasteiger partial charge in [0.25, 0.3) is 0 Å². The molecule has 0 aliphatic carbocycles. The average Bonchev–Trinajstić information content (AvgIpc) is 2.71. The van der Waals surface area contributed by atoms with Crippen LogP contribution in [0.3, 0.4) is 0 Å². The lowest BCUT2D eigenvalue weighted by atomic mass is 10.1. The van der Waals surface area contributed by atoms with Crippen molar-refractivity contribution in [3.63, 3.8) is 0 Å². The van der Waals surface area contributed by atoms with Gasteiger partial charge in [-0.2, -0.15) is 5.10 Å². The molecule has 1 aromatic rings. The molecule has 2 rings (SSSR count). The Bertz CT molecular complexity index is 389. The van der Waals surface area contributed by atoms with Crippen molar-refractivity contribution in [2.75, 3.05) is 19.8 Å². The lowest BCUT2D eigenvalue weighted by Gasteiger charge is -2.22. The number of nitrogens with zero attached hydrogens (tertiary/aromatic N) is 2. The molecule has 0 radical (unpaired) electrons. The van der Waals surface area contributed by atoms with Crippen molar-refractivity contribution in [3.8, 4) is 5.88 Å². The molecule has 0 spiro atoms. The van der Waals surface area contributed by atoms with Crippen LogP contribution in [-0.2, 0) is 11.3 Å². The van der Waals surface area contributed by atoms with Crippen LogP contribution in [-0.4, -0.2) is 35.5 Å². The zero-order valence-corrected chi connectivity index (χ0v) is 9.18. The zero-order valence-electron chi connectivity index (χ0n) is 9.18. The van der Waals surface area contributed by atoms with Gasteiger partial charge in [0.05, 0.1) is 19.8 Å². The number of hydrogen-bond acceptors (Lipinski definition) is 5. The third-order valence-electron chi connectivity index (χ3n) is 2.46. The van der Waals surface area contributed by atoms with Crippen LogP contribution in [0.2, 0.25) is 0 Å². The number of fused-ring (bicyclic) bond motifs is 1. The number of carbonyl (C=O) groups is 1. The molecular formula is C10H15N3O3. The number of esters is 1. The summed E-state index contributed by atoms with van der Waals surface area (Å²) in [5, 5.41) is 4.13. The second kappa shape index (κ2) is 4.52. The van der Waals surface area contributed by atoms with Gasteiger partial charge in [-0.1, -0.05) is 0 Å². The van der Waals surface area contributed by atoms with Crippen LogP contribution in [0.15, 0.2) is 6.07 Å². The van der Waals surface area contributed by atoms with E-state index >= 15 is 0 Å².